The molecule has 0 heterocycles. The van der Waals surface area contributed by atoms with E-state index in [9.17, 15) is 9.59 Å². The number of carbonyl (C=O) groups excluding carboxylic acids is 2. The smallest absolute Gasteiger partial charge is 0.408 e. The molecule has 128 valence electrons. The summed E-state index contributed by atoms with van der Waals surface area (Å²) in [7, 11) is 1.63. The lowest BCUT2D eigenvalue weighted by Crippen LogP contribution is -2.35. The second-order valence-corrected chi connectivity index (χ2v) is 6.57. The van der Waals surface area contributed by atoms with Crippen molar-refractivity contribution in [3.05, 3.63) is 42.0 Å². The molecule has 0 fully saturated rings. The fourth-order valence-corrected chi connectivity index (χ4v) is 2.41. The Bertz CT molecular complexity index is 734. The van der Waals surface area contributed by atoms with Crippen LogP contribution in [0.2, 0.25) is 0 Å². The van der Waals surface area contributed by atoms with Gasteiger partial charge in [0.05, 0.1) is 13.2 Å². The second kappa shape index (κ2) is 7.34. The van der Waals surface area contributed by atoms with E-state index in [1.54, 1.807) is 27.9 Å². The molecule has 5 heteroatoms. The maximum Gasteiger partial charge on any atom is 0.408 e. The van der Waals surface area contributed by atoms with Crippen LogP contribution < -0.4 is 10.1 Å². The van der Waals surface area contributed by atoms with Crippen molar-refractivity contribution in [1.82, 2.24) is 5.32 Å². The van der Waals surface area contributed by atoms with E-state index in [0.717, 1.165) is 28.4 Å². The Morgan fingerprint density at radius 2 is 1.83 bits per heavy atom. The highest BCUT2D eigenvalue weighted by Crippen LogP contribution is 2.25. The molecule has 0 saturated heterocycles. The molecule has 0 aliphatic heterocycles. The third kappa shape index (κ3) is 4.72. The van der Waals surface area contributed by atoms with E-state index >= 15 is 0 Å². The maximum absolute atomic E-state index is 12.0. The number of methoxy groups -OCH3 is 1. The lowest BCUT2D eigenvalue weighted by Gasteiger charge is -2.23. The number of amides is 1. The van der Waals surface area contributed by atoms with Crippen LogP contribution in [-0.4, -0.2) is 25.1 Å². The minimum Gasteiger partial charge on any atom is -0.497 e. The predicted molar refractivity (Wildman–Crippen MR) is 93.3 cm³/mol. The first-order valence-electron chi connectivity index (χ1n) is 7.83. The van der Waals surface area contributed by atoms with E-state index in [2.05, 4.69) is 5.32 Å². The van der Waals surface area contributed by atoms with Gasteiger partial charge in [0.2, 0.25) is 0 Å². The molecule has 2 aromatic rings. The van der Waals surface area contributed by atoms with Crippen LogP contribution in [0.5, 0.6) is 5.75 Å². The van der Waals surface area contributed by atoms with Gasteiger partial charge in [-0.2, -0.15) is 0 Å². The molecular weight excluding hydrogens is 306 g/mol. The lowest BCUT2D eigenvalue weighted by atomic mass is 10.00. The molecule has 1 amide bonds. The minimum atomic E-state index is -0.588. The molecule has 24 heavy (non-hydrogen) atoms. The molecule has 1 N–H and O–H groups in total. The quantitative estimate of drug-likeness (QED) is 0.842. The number of hydrogen-bond acceptors (Lipinski definition) is 4. The molecule has 2 aromatic carbocycles. The molecule has 0 unspecified atom stereocenters. The summed E-state index contributed by atoms with van der Waals surface area (Å²) in [6.45, 7) is 5.39. The molecule has 0 aromatic heterocycles. The number of carbonyl (C=O) groups is 2. The zero-order chi connectivity index (χ0) is 17.7. The Morgan fingerprint density at radius 3 is 2.46 bits per heavy atom. The van der Waals surface area contributed by atoms with E-state index in [0.29, 0.717) is 0 Å². The Hall–Kier alpha value is -2.56. The molecule has 0 radical (unpaired) electrons. The van der Waals surface area contributed by atoms with Crippen LogP contribution in [-0.2, 0) is 9.53 Å². The molecule has 2 rings (SSSR count). The summed E-state index contributed by atoms with van der Waals surface area (Å²) >= 11 is 0. The Labute approximate surface area is 141 Å². The average molecular weight is 329 g/mol. The van der Waals surface area contributed by atoms with Crippen molar-refractivity contribution in [2.75, 3.05) is 7.11 Å². The van der Waals surface area contributed by atoms with Crippen molar-refractivity contribution in [3.63, 3.8) is 0 Å². The monoisotopic (exact) mass is 329 g/mol. The third-order valence-corrected chi connectivity index (χ3v) is 3.50. The van der Waals surface area contributed by atoms with Gasteiger partial charge in [0.15, 0.2) is 0 Å². The van der Waals surface area contributed by atoms with Crippen LogP contribution >= 0.6 is 0 Å². The predicted octanol–water partition coefficient (Wildman–Crippen LogP) is 4.00. The Balaban J connectivity index is 2.25. The van der Waals surface area contributed by atoms with Crippen LogP contribution in [0.1, 0.15) is 38.8 Å². The molecule has 5 nitrogen and oxygen atoms in total. The van der Waals surface area contributed by atoms with Gasteiger partial charge in [0, 0.05) is 6.42 Å². The second-order valence-electron chi connectivity index (χ2n) is 6.57. The summed E-state index contributed by atoms with van der Waals surface area (Å²) in [4.78, 5) is 23.0. The molecule has 1 atom stereocenters. The number of aldehydes is 1. The van der Waals surface area contributed by atoms with Crippen LogP contribution in [0, 0.1) is 0 Å². The van der Waals surface area contributed by atoms with Gasteiger partial charge in [0.25, 0.3) is 0 Å². The summed E-state index contributed by atoms with van der Waals surface area (Å²) in [5, 5.41) is 4.80. The van der Waals surface area contributed by atoms with Gasteiger partial charge in [-0.25, -0.2) is 4.79 Å². The molecule has 0 aliphatic rings. The summed E-state index contributed by atoms with van der Waals surface area (Å²) in [6, 6.07) is 11.1. The SMILES string of the molecule is COc1ccc2cc([C@@H](CC=O)NC(=O)OC(C)(C)C)ccc2c1. The van der Waals surface area contributed by atoms with Gasteiger partial charge in [-0.05, 0) is 55.3 Å². The fourth-order valence-electron chi connectivity index (χ4n) is 2.41. The van der Waals surface area contributed by atoms with Gasteiger partial charge in [-0.1, -0.05) is 18.2 Å². The summed E-state index contributed by atoms with van der Waals surface area (Å²) < 4.78 is 10.5. The lowest BCUT2D eigenvalue weighted by molar-refractivity contribution is -0.108. The van der Waals surface area contributed by atoms with Crippen molar-refractivity contribution < 1.29 is 19.1 Å². The summed E-state index contributed by atoms with van der Waals surface area (Å²) in [5.41, 5.74) is 0.265. The van der Waals surface area contributed by atoms with Crippen molar-refractivity contribution >= 4 is 23.2 Å². The first-order valence-corrected chi connectivity index (χ1v) is 7.83. The van der Waals surface area contributed by atoms with Crippen LogP contribution in [0.3, 0.4) is 0 Å². The van der Waals surface area contributed by atoms with Crippen molar-refractivity contribution in [2.24, 2.45) is 0 Å². The molecule has 0 spiro atoms. The van der Waals surface area contributed by atoms with Gasteiger partial charge in [-0.3, -0.25) is 0 Å². The van der Waals surface area contributed by atoms with E-state index in [1.807, 2.05) is 36.4 Å². The summed E-state index contributed by atoms with van der Waals surface area (Å²) in [6.07, 6.45) is 0.436. The Morgan fingerprint density at radius 1 is 1.17 bits per heavy atom. The third-order valence-electron chi connectivity index (χ3n) is 3.50. The van der Waals surface area contributed by atoms with Gasteiger partial charge < -0.3 is 19.6 Å². The van der Waals surface area contributed by atoms with E-state index in [1.165, 1.54) is 0 Å². The molecule has 0 bridgehead atoms. The zero-order valence-corrected chi connectivity index (χ0v) is 14.5. The van der Waals surface area contributed by atoms with Crippen LogP contribution in [0.4, 0.5) is 4.79 Å². The average Bonchev–Trinajstić information content (AvgIpc) is 2.51. The first kappa shape index (κ1) is 17.8. The number of rotatable bonds is 5. The minimum absolute atomic E-state index is 0.181. The highest BCUT2D eigenvalue weighted by atomic mass is 16.6. The standard InChI is InChI=1S/C19H23NO4/c1-19(2,3)24-18(22)20-17(9-10-21)15-6-5-14-12-16(23-4)8-7-13(14)11-15/h5-8,10-12,17H,9H2,1-4H3,(H,20,22)/t17-/m1/s1. The number of benzene rings is 2. The van der Waals surface area contributed by atoms with Crippen molar-refractivity contribution in [1.29, 1.82) is 0 Å². The number of alkyl carbamates (subject to hydrolysis) is 1. The van der Waals surface area contributed by atoms with Crippen molar-refractivity contribution in [2.45, 2.75) is 38.8 Å². The highest BCUT2D eigenvalue weighted by molar-refractivity contribution is 5.85. The highest BCUT2D eigenvalue weighted by Gasteiger charge is 2.20. The largest absolute Gasteiger partial charge is 0.497 e. The van der Waals surface area contributed by atoms with Gasteiger partial charge >= 0.3 is 6.09 Å². The number of ether oxygens (including phenoxy) is 2. The number of fused-ring (bicyclic) bond motifs is 1. The zero-order valence-electron chi connectivity index (χ0n) is 14.5. The van der Waals surface area contributed by atoms with Gasteiger partial charge in [-0.15, -0.1) is 0 Å². The fraction of sp³-hybridized carbons (Fsp3) is 0.368. The maximum atomic E-state index is 12.0. The summed E-state index contributed by atoms with van der Waals surface area (Å²) in [5.74, 6) is 0.784. The van der Waals surface area contributed by atoms with Crippen LogP contribution in [0.25, 0.3) is 10.8 Å². The molecular formula is C19H23NO4. The van der Waals surface area contributed by atoms with Crippen LogP contribution in [0.15, 0.2) is 36.4 Å². The van der Waals surface area contributed by atoms with Crippen molar-refractivity contribution in [3.8, 4) is 5.75 Å². The number of nitrogens with one attached hydrogen (secondary N) is 1. The topological polar surface area (TPSA) is 64.6 Å². The van der Waals surface area contributed by atoms with E-state index in [4.69, 9.17) is 9.47 Å². The molecule has 0 saturated carbocycles. The molecule has 0 aliphatic carbocycles. The normalized spacial score (nSPS) is 12.5. The Kier molecular flexibility index (Phi) is 5.44. The number of hydrogen-bond donors (Lipinski definition) is 1. The van der Waals surface area contributed by atoms with Gasteiger partial charge in [0.1, 0.15) is 17.6 Å². The van der Waals surface area contributed by atoms with E-state index < -0.39 is 17.7 Å². The van der Waals surface area contributed by atoms with E-state index in [-0.39, 0.29) is 6.42 Å². The first-order chi connectivity index (χ1) is 11.3.